The molecule has 0 aliphatic carbocycles. The van der Waals surface area contributed by atoms with Crippen LogP contribution in [-0.2, 0) is 16.6 Å². The number of anilines is 2. The fourth-order valence-corrected chi connectivity index (χ4v) is 4.73. The van der Waals surface area contributed by atoms with Gasteiger partial charge in [0, 0.05) is 31.4 Å². The summed E-state index contributed by atoms with van der Waals surface area (Å²) in [7, 11) is -2.36. The van der Waals surface area contributed by atoms with Crippen LogP contribution in [0.2, 0.25) is 0 Å². The fraction of sp³-hybridized carbons (Fsp3) is 0.250. The summed E-state index contributed by atoms with van der Waals surface area (Å²) in [6.07, 6.45) is 4.15. The first-order valence-electron chi connectivity index (χ1n) is 10.7. The number of aromatic nitrogens is 1. The van der Waals surface area contributed by atoms with Crippen molar-refractivity contribution in [3.8, 4) is 5.75 Å². The van der Waals surface area contributed by atoms with Gasteiger partial charge in [0.15, 0.2) is 0 Å². The molecule has 2 heterocycles. The van der Waals surface area contributed by atoms with Gasteiger partial charge in [0.2, 0.25) is 0 Å². The van der Waals surface area contributed by atoms with E-state index in [9.17, 15) is 13.2 Å². The van der Waals surface area contributed by atoms with E-state index in [-0.39, 0.29) is 10.8 Å². The number of nitrogens with zero attached hydrogens (tertiary/aromatic N) is 2. The maximum Gasteiger partial charge on any atom is 0.262 e. The average Bonchev–Trinajstić information content (AvgIpc) is 3.38. The van der Waals surface area contributed by atoms with E-state index in [1.807, 2.05) is 12.1 Å². The minimum atomic E-state index is -3.83. The molecule has 0 saturated carbocycles. The molecule has 3 aromatic rings. The van der Waals surface area contributed by atoms with Gasteiger partial charge in [-0.05, 0) is 60.9 Å². The van der Waals surface area contributed by atoms with Crippen molar-refractivity contribution in [3.05, 3.63) is 78.0 Å². The van der Waals surface area contributed by atoms with Crippen molar-refractivity contribution in [1.82, 2.24) is 10.3 Å². The van der Waals surface area contributed by atoms with Crippen LogP contribution in [0.1, 0.15) is 28.8 Å². The van der Waals surface area contributed by atoms with Crippen LogP contribution >= 0.6 is 0 Å². The summed E-state index contributed by atoms with van der Waals surface area (Å²) in [5.74, 6) is 1.08. The number of para-hydroxylation sites is 2. The highest BCUT2D eigenvalue weighted by atomic mass is 32.2. The highest BCUT2D eigenvalue weighted by Gasteiger charge is 2.17. The quantitative estimate of drug-likeness (QED) is 0.528. The van der Waals surface area contributed by atoms with E-state index >= 15 is 0 Å². The van der Waals surface area contributed by atoms with Gasteiger partial charge in [-0.2, -0.15) is 0 Å². The smallest absolute Gasteiger partial charge is 0.262 e. The van der Waals surface area contributed by atoms with E-state index in [1.54, 1.807) is 30.5 Å². The Morgan fingerprint density at radius 1 is 1.03 bits per heavy atom. The second-order valence-corrected chi connectivity index (χ2v) is 9.41. The van der Waals surface area contributed by atoms with Gasteiger partial charge in [0.1, 0.15) is 11.6 Å². The molecule has 8 nitrogen and oxygen atoms in total. The van der Waals surface area contributed by atoms with E-state index in [0.29, 0.717) is 23.5 Å². The molecule has 1 amide bonds. The normalized spacial score (nSPS) is 13.5. The van der Waals surface area contributed by atoms with Gasteiger partial charge >= 0.3 is 0 Å². The number of sulfonamides is 1. The van der Waals surface area contributed by atoms with Gasteiger partial charge in [0.05, 0.1) is 17.7 Å². The Bertz CT molecular complexity index is 1210. The van der Waals surface area contributed by atoms with Crippen molar-refractivity contribution in [1.29, 1.82) is 0 Å². The molecule has 4 rings (SSSR count). The summed E-state index contributed by atoms with van der Waals surface area (Å²) in [5, 5.41) is 2.84. The van der Waals surface area contributed by atoms with Gasteiger partial charge in [0.25, 0.3) is 15.9 Å². The highest BCUT2D eigenvalue weighted by Crippen LogP contribution is 2.26. The second-order valence-electron chi connectivity index (χ2n) is 7.73. The molecule has 1 saturated heterocycles. The zero-order chi connectivity index (χ0) is 23.3. The lowest BCUT2D eigenvalue weighted by Gasteiger charge is -2.16. The zero-order valence-electron chi connectivity index (χ0n) is 18.3. The first kappa shape index (κ1) is 22.6. The largest absolute Gasteiger partial charge is 0.495 e. The van der Waals surface area contributed by atoms with Crippen LogP contribution in [0.25, 0.3) is 0 Å². The van der Waals surface area contributed by atoms with Crippen LogP contribution in [0.15, 0.2) is 71.8 Å². The van der Waals surface area contributed by atoms with E-state index < -0.39 is 10.0 Å². The number of carbonyl (C=O) groups is 1. The van der Waals surface area contributed by atoms with Crippen molar-refractivity contribution < 1.29 is 17.9 Å². The number of hydrogen-bond acceptors (Lipinski definition) is 6. The van der Waals surface area contributed by atoms with Crippen LogP contribution in [0.3, 0.4) is 0 Å². The molecular weight excluding hydrogens is 440 g/mol. The fourth-order valence-electron chi connectivity index (χ4n) is 3.66. The molecule has 0 spiro atoms. The minimum absolute atomic E-state index is 0.0478. The molecule has 2 aromatic carbocycles. The molecule has 2 N–H and O–H groups in total. The standard InChI is InChI=1S/C24H26N4O4S/c1-32-22-7-3-2-6-21(22)27-33(30,31)20-11-9-19(10-12-20)24(29)26-17-18-8-13-23(25-16-18)28-14-4-5-15-28/h2-3,6-13,16,27H,4-5,14-15,17H2,1H3,(H,26,29). The lowest BCUT2D eigenvalue weighted by Crippen LogP contribution is -2.23. The summed E-state index contributed by atoms with van der Waals surface area (Å²) < 4.78 is 33.1. The van der Waals surface area contributed by atoms with Gasteiger partial charge < -0.3 is 15.0 Å². The molecule has 1 aliphatic rings. The third-order valence-corrected chi connectivity index (χ3v) is 6.85. The van der Waals surface area contributed by atoms with Crippen LogP contribution in [-0.4, -0.2) is 39.5 Å². The van der Waals surface area contributed by atoms with Crippen molar-refractivity contribution in [3.63, 3.8) is 0 Å². The van der Waals surface area contributed by atoms with Gasteiger partial charge in [-0.3, -0.25) is 9.52 Å². The topological polar surface area (TPSA) is 101 Å². The van der Waals surface area contributed by atoms with E-state index in [1.165, 1.54) is 44.2 Å². The number of pyridine rings is 1. The molecule has 0 unspecified atom stereocenters. The van der Waals surface area contributed by atoms with E-state index in [0.717, 1.165) is 24.5 Å². The van der Waals surface area contributed by atoms with Crippen LogP contribution in [0.5, 0.6) is 5.75 Å². The van der Waals surface area contributed by atoms with Crippen LogP contribution in [0.4, 0.5) is 11.5 Å². The number of methoxy groups -OCH3 is 1. The Labute approximate surface area is 193 Å². The summed E-state index contributed by atoms with van der Waals surface area (Å²) in [6, 6.07) is 16.5. The number of nitrogens with one attached hydrogen (secondary N) is 2. The average molecular weight is 467 g/mol. The van der Waals surface area contributed by atoms with Crippen molar-refractivity contribution >= 4 is 27.4 Å². The Morgan fingerprint density at radius 2 is 1.76 bits per heavy atom. The minimum Gasteiger partial charge on any atom is -0.495 e. The zero-order valence-corrected chi connectivity index (χ0v) is 19.1. The number of hydrogen-bond donors (Lipinski definition) is 2. The molecule has 0 bridgehead atoms. The molecule has 1 aliphatic heterocycles. The van der Waals surface area contributed by atoms with Gasteiger partial charge in [-0.1, -0.05) is 18.2 Å². The van der Waals surface area contributed by atoms with E-state index in [4.69, 9.17) is 4.74 Å². The van der Waals surface area contributed by atoms with E-state index in [2.05, 4.69) is 19.9 Å². The molecule has 0 atom stereocenters. The van der Waals surface area contributed by atoms with Gasteiger partial charge in [-0.25, -0.2) is 13.4 Å². The van der Waals surface area contributed by atoms with Crippen LogP contribution in [0, 0.1) is 0 Å². The molecule has 0 radical (unpaired) electrons. The molecular formula is C24H26N4O4S. The molecule has 172 valence electrons. The summed E-state index contributed by atoms with van der Waals surface area (Å²) >= 11 is 0. The molecule has 1 fully saturated rings. The van der Waals surface area contributed by atoms with Crippen molar-refractivity contribution in [2.75, 3.05) is 29.8 Å². The Morgan fingerprint density at radius 3 is 2.42 bits per heavy atom. The summed E-state index contributed by atoms with van der Waals surface area (Å²) in [6.45, 7) is 2.40. The Balaban J connectivity index is 1.36. The van der Waals surface area contributed by atoms with Crippen molar-refractivity contribution in [2.45, 2.75) is 24.3 Å². The van der Waals surface area contributed by atoms with Gasteiger partial charge in [-0.15, -0.1) is 0 Å². The Kier molecular flexibility index (Phi) is 6.79. The molecule has 9 heteroatoms. The highest BCUT2D eigenvalue weighted by molar-refractivity contribution is 7.92. The number of benzene rings is 2. The number of amides is 1. The first-order chi connectivity index (χ1) is 16.0. The number of ether oxygens (including phenoxy) is 1. The van der Waals surface area contributed by atoms with Crippen LogP contribution < -0.4 is 19.7 Å². The lowest BCUT2D eigenvalue weighted by atomic mass is 10.2. The summed E-state index contributed by atoms with van der Waals surface area (Å²) in [4.78, 5) is 19.3. The van der Waals surface area contributed by atoms with Crippen molar-refractivity contribution in [2.24, 2.45) is 0 Å². The maximum atomic E-state index is 12.7. The third-order valence-electron chi connectivity index (χ3n) is 5.47. The Hall–Kier alpha value is -3.59. The number of rotatable bonds is 8. The maximum absolute atomic E-state index is 12.7. The third kappa shape index (κ3) is 5.43. The summed E-state index contributed by atoms with van der Waals surface area (Å²) in [5.41, 5.74) is 1.60. The monoisotopic (exact) mass is 466 g/mol. The molecule has 33 heavy (non-hydrogen) atoms. The molecule has 1 aromatic heterocycles. The number of carbonyl (C=O) groups excluding carboxylic acids is 1. The first-order valence-corrected chi connectivity index (χ1v) is 12.2. The second kappa shape index (κ2) is 9.91. The predicted octanol–water partition coefficient (Wildman–Crippen LogP) is 3.42. The lowest BCUT2D eigenvalue weighted by molar-refractivity contribution is 0.0951. The SMILES string of the molecule is COc1ccccc1NS(=O)(=O)c1ccc(C(=O)NCc2ccc(N3CCCC3)nc2)cc1. The predicted molar refractivity (Wildman–Crippen MR) is 127 cm³/mol.